The lowest BCUT2D eigenvalue weighted by molar-refractivity contribution is 0.565. The van der Waals surface area contributed by atoms with Gasteiger partial charge in [0, 0.05) is 52.2 Å². The van der Waals surface area contributed by atoms with Gasteiger partial charge in [0.05, 0.1) is 17.8 Å². The Morgan fingerprint density at radius 3 is 2.29 bits per heavy atom. The first-order valence-corrected chi connectivity index (χ1v) is 14.3. The Hall–Kier alpha value is -3.16. The Morgan fingerprint density at radius 1 is 0.947 bits per heavy atom. The normalized spacial score (nSPS) is 17.1. The van der Waals surface area contributed by atoms with Crippen molar-refractivity contribution < 1.29 is 0 Å². The molecule has 2 atom stereocenters. The molecule has 1 N–H and O–H groups in total. The zero-order valence-electron chi connectivity index (χ0n) is 22.6. The van der Waals surface area contributed by atoms with Crippen LogP contribution in [0.1, 0.15) is 54.1 Å². The number of hydrogen-bond acceptors (Lipinski definition) is 3. The van der Waals surface area contributed by atoms with Gasteiger partial charge in [0.15, 0.2) is 5.11 Å². The summed E-state index contributed by atoms with van der Waals surface area (Å²) in [4.78, 5) is 9.34. The molecule has 196 valence electrons. The molecule has 5 rings (SSSR count). The van der Waals surface area contributed by atoms with Gasteiger partial charge in [0.25, 0.3) is 0 Å². The van der Waals surface area contributed by atoms with Crippen LogP contribution in [0.2, 0.25) is 0 Å². The van der Waals surface area contributed by atoms with Crippen molar-refractivity contribution in [1.29, 1.82) is 0 Å². The molecule has 7 heteroatoms. The second-order valence-corrected chi connectivity index (χ2v) is 11.0. The number of rotatable bonds is 7. The summed E-state index contributed by atoms with van der Waals surface area (Å²) >= 11 is 9.61. The Bertz CT molecular complexity index is 1440. The SMILES string of the molecule is CCN(CC)c1ccc(-n2c(C)cc(C3C(c4ccccn4)NC(=S)N3c3ccc(Br)c(C)c3)c2C)cc1. The molecule has 0 spiro atoms. The van der Waals surface area contributed by atoms with Gasteiger partial charge in [-0.25, -0.2) is 0 Å². The van der Waals surface area contributed by atoms with E-state index in [2.05, 4.69) is 125 Å². The fraction of sp³-hybridized carbons (Fsp3) is 0.290. The summed E-state index contributed by atoms with van der Waals surface area (Å²) in [5.41, 5.74) is 9.26. The average Bonchev–Trinajstić information content (AvgIpc) is 3.42. The topological polar surface area (TPSA) is 36.3 Å². The van der Waals surface area contributed by atoms with Crippen molar-refractivity contribution in [3.8, 4) is 5.69 Å². The van der Waals surface area contributed by atoms with Gasteiger partial charge in [-0.2, -0.15) is 0 Å². The fourth-order valence-electron chi connectivity index (χ4n) is 5.61. The van der Waals surface area contributed by atoms with Crippen molar-refractivity contribution in [2.45, 2.75) is 46.7 Å². The number of aromatic nitrogens is 2. The molecule has 2 unspecified atom stereocenters. The highest BCUT2D eigenvalue weighted by Gasteiger charge is 2.42. The van der Waals surface area contributed by atoms with Crippen LogP contribution in [0, 0.1) is 20.8 Å². The van der Waals surface area contributed by atoms with Crippen LogP contribution in [0.4, 0.5) is 11.4 Å². The number of thiocarbonyl (C=S) groups is 1. The molecular weight excluding hydrogens is 554 g/mol. The number of nitrogens with zero attached hydrogens (tertiary/aromatic N) is 4. The lowest BCUT2D eigenvalue weighted by atomic mass is 9.96. The van der Waals surface area contributed by atoms with Gasteiger partial charge in [0.2, 0.25) is 0 Å². The lowest BCUT2D eigenvalue weighted by Gasteiger charge is -2.28. The third-order valence-electron chi connectivity index (χ3n) is 7.54. The molecule has 0 saturated carbocycles. The number of aryl methyl sites for hydroxylation is 2. The van der Waals surface area contributed by atoms with Gasteiger partial charge in [-0.3, -0.25) is 4.98 Å². The van der Waals surface area contributed by atoms with E-state index in [-0.39, 0.29) is 12.1 Å². The maximum absolute atomic E-state index is 5.95. The lowest BCUT2D eigenvalue weighted by Crippen LogP contribution is -2.29. The van der Waals surface area contributed by atoms with E-state index in [1.165, 1.54) is 28.2 Å². The van der Waals surface area contributed by atoms with E-state index < -0.39 is 0 Å². The minimum atomic E-state index is -0.0772. The van der Waals surface area contributed by atoms with Crippen LogP contribution in [0.25, 0.3) is 5.69 Å². The summed E-state index contributed by atoms with van der Waals surface area (Å²) in [6.07, 6.45) is 1.85. The minimum absolute atomic E-state index is 0.0483. The summed E-state index contributed by atoms with van der Waals surface area (Å²) in [6, 6.07) is 23.6. The monoisotopic (exact) mass is 587 g/mol. The van der Waals surface area contributed by atoms with Crippen LogP contribution in [-0.4, -0.2) is 27.8 Å². The second-order valence-electron chi connectivity index (χ2n) is 9.78. The van der Waals surface area contributed by atoms with Crippen LogP contribution >= 0.6 is 28.1 Å². The summed E-state index contributed by atoms with van der Waals surface area (Å²) < 4.78 is 3.44. The molecule has 0 aliphatic carbocycles. The molecule has 1 aliphatic rings. The molecule has 0 bridgehead atoms. The van der Waals surface area contributed by atoms with Gasteiger partial charge >= 0.3 is 0 Å². The molecule has 1 aliphatic heterocycles. The van der Waals surface area contributed by atoms with Gasteiger partial charge in [-0.1, -0.05) is 22.0 Å². The second kappa shape index (κ2) is 10.9. The number of benzene rings is 2. The molecule has 5 nitrogen and oxygen atoms in total. The third-order valence-corrected chi connectivity index (χ3v) is 8.75. The van der Waals surface area contributed by atoms with E-state index in [1.54, 1.807) is 0 Å². The first-order chi connectivity index (χ1) is 18.3. The fourth-order valence-corrected chi connectivity index (χ4v) is 6.21. The van der Waals surface area contributed by atoms with Crippen LogP contribution < -0.4 is 15.1 Å². The molecule has 1 saturated heterocycles. The van der Waals surface area contributed by atoms with Crippen molar-refractivity contribution >= 4 is 44.6 Å². The third kappa shape index (κ3) is 4.74. The molecule has 1 fully saturated rings. The smallest absolute Gasteiger partial charge is 0.174 e. The summed E-state index contributed by atoms with van der Waals surface area (Å²) in [7, 11) is 0. The van der Waals surface area contributed by atoms with Gasteiger partial charge in [-0.05, 0) is 119 Å². The predicted octanol–water partition coefficient (Wildman–Crippen LogP) is 7.58. The molecule has 2 aromatic carbocycles. The Balaban J connectivity index is 1.62. The van der Waals surface area contributed by atoms with E-state index in [9.17, 15) is 0 Å². The molecule has 38 heavy (non-hydrogen) atoms. The molecule has 4 aromatic rings. The standard InChI is InChI=1S/C31H34BrN5S/c1-6-35(7-2)23-11-13-24(14-12-23)36-21(4)19-26(22(36)5)30-29(28-10-8-9-17-33-28)34-31(38)37(30)25-15-16-27(32)20(3)18-25/h8-19,29-30H,6-7H2,1-5H3,(H,34,38). The van der Waals surface area contributed by atoms with Crippen LogP contribution in [0.3, 0.4) is 0 Å². The summed E-state index contributed by atoms with van der Waals surface area (Å²) in [5.74, 6) is 0. The van der Waals surface area contributed by atoms with E-state index in [1.807, 2.05) is 18.3 Å². The van der Waals surface area contributed by atoms with Crippen molar-refractivity contribution in [3.05, 3.63) is 106 Å². The molecule has 2 aromatic heterocycles. The molecular formula is C31H34BrN5S. The van der Waals surface area contributed by atoms with E-state index in [0.29, 0.717) is 5.11 Å². The van der Waals surface area contributed by atoms with Gasteiger partial charge < -0.3 is 19.7 Å². The number of pyridine rings is 1. The van der Waals surface area contributed by atoms with E-state index >= 15 is 0 Å². The van der Waals surface area contributed by atoms with E-state index in [4.69, 9.17) is 17.2 Å². The first-order valence-electron chi connectivity index (χ1n) is 13.1. The molecule has 0 radical (unpaired) electrons. The Kier molecular flexibility index (Phi) is 7.59. The van der Waals surface area contributed by atoms with Crippen molar-refractivity contribution in [2.75, 3.05) is 22.9 Å². The first kappa shape index (κ1) is 26.4. The van der Waals surface area contributed by atoms with Crippen molar-refractivity contribution in [2.24, 2.45) is 0 Å². The van der Waals surface area contributed by atoms with Gasteiger partial charge in [0.1, 0.15) is 0 Å². The van der Waals surface area contributed by atoms with Crippen LogP contribution in [-0.2, 0) is 0 Å². The zero-order chi connectivity index (χ0) is 27.0. The highest BCUT2D eigenvalue weighted by atomic mass is 79.9. The maximum atomic E-state index is 5.95. The highest BCUT2D eigenvalue weighted by Crippen LogP contribution is 2.44. The van der Waals surface area contributed by atoms with E-state index in [0.717, 1.165) is 34.6 Å². The number of halogens is 1. The van der Waals surface area contributed by atoms with Crippen LogP contribution in [0.15, 0.2) is 77.4 Å². The van der Waals surface area contributed by atoms with Crippen molar-refractivity contribution in [3.63, 3.8) is 0 Å². The maximum Gasteiger partial charge on any atom is 0.174 e. The predicted molar refractivity (Wildman–Crippen MR) is 166 cm³/mol. The number of nitrogens with one attached hydrogen (secondary N) is 1. The molecule has 3 heterocycles. The summed E-state index contributed by atoms with van der Waals surface area (Å²) in [6.45, 7) is 12.9. The van der Waals surface area contributed by atoms with Gasteiger partial charge in [-0.15, -0.1) is 0 Å². The zero-order valence-corrected chi connectivity index (χ0v) is 25.0. The number of anilines is 2. The average molecular weight is 589 g/mol. The minimum Gasteiger partial charge on any atom is -0.372 e. The Morgan fingerprint density at radius 2 is 1.66 bits per heavy atom. The quantitative estimate of drug-likeness (QED) is 0.225. The largest absolute Gasteiger partial charge is 0.372 e. The molecule has 0 amide bonds. The highest BCUT2D eigenvalue weighted by molar-refractivity contribution is 9.10. The van der Waals surface area contributed by atoms with Crippen LogP contribution in [0.5, 0.6) is 0 Å². The number of hydrogen-bond donors (Lipinski definition) is 1. The summed E-state index contributed by atoms with van der Waals surface area (Å²) in [5, 5.41) is 4.31. The van der Waals surface area contributed by atoms with Crippen molar-refractivity contribution in [1.82, 2.24) is 14.9 Å². The Labute approximate surface area is 239 Å².